The summed E-state index contributed by atoms with van der Waals surface area (Å²) in [5, 5.41) is 8.93. The van der Waals surface area contributed by atoms with Gasteiger partial charge in [0.1, 0.15) is 5.82 Å². The number of hydrogen-bond donors (Lipinski definition) is 3. The number of nitrogens with one attached hydrogen (secondary N) is 2. The zero-order valence-corrected chi connectivity index (χ0v) is 11.8. The maximum Gasteiger partial charge on any atom is 0.257 e. The van der Waals surface area contributed by atoms with Crippen LogP contribution in [0.1, 0.15) is 45.4 Å². The Hall–Kier alpha value is -0.920. The molecule has 1 atom stereocenters. The van der Waals surface area contributed by atoms with Crippen molar-refractivity contribution in [2.24, 2.45) is 0 Å². The van der Waals surface area contributed by atoms with E-state index in [1.165, 1.54) is 6.20 Å². The molecule has 0 fully saturated rings. The highest BCUT2D eigenvalue weighted by molar-refractivity contribution is 7.89. The van der Waals surface area contributed by atoms with E-state index in [0.29, 0.717) is 18.7 Å². The van der Waals surface area contributed by atoms with Crippen LogP contribution < -0.4 is 4.72 Å². The van der Waals surface area contributed by atoms with Crippen LogP contribution in [0.15, 0.2) is 11.2 Å². The van der Waals surface area contributed by atoms with Gasteiger partial charge in [0.05, 0.1) is 6.20 Å². The lowest BCUT2D eigenvalue weighted by atomic mass is 10.2. The topological polar surface area (TPSA) is 95.1 Å². The molecular formula is C11H21N3O3S. The maximum atomic E-state index is 12.0. The van der Waals surface area contributed by atoms with Gasteiger partial charge in [-0.1, -0.05) is 20.8 Å². The molecule has 7 heteroatoms. The average molecular weight is 275 g/mol. The number of aromatic nitrogens is 2. The van der Waals surface area contributed by atoms with Crippen molar-refractivity contribution in [3.05, 3.63) is 12.0 Å². The maximum absolute atomic E-state index is 12.0. The number of aliphatic hydroxyl groups excluding tert-OH is 1. The normalized spacial score (nSPS) is 14.1. The van der Waals surface area contributed by atoms with Crippen LogP contribution in [-0.2, 0) is 10.0 Å². The van der Waals surface area contributed by atoms with Gasteiger partial charge in [-0.25, -0.2) is 18.1 Å². The van der Waals surface area contributed by atoms with Crippen LogP contribution in [0.5, 0.6) is 0 Å². The Labute approximate surface area is 108 Å². The summed E-state index contributed by atoms with van der Waals surface area (Å²) in [6, 6.07) is -0.259. The first kappa shape index (κ1) is 15.1. The summed E-state index contributed by atoms with van der Waals surface area (Å²) >= 11 is 0. The Morgan fingerprint density at radius 1 is 1.50 bits per heavy atom. The standard InChI is InChI=1S/C11H21N3O3S/c1-4-9(5-6-15)14-18(16,17)10-7-12-11(13-10)8(2)3/h7-9,14-15H,4-6H2,1-3H3,(H,12,13). The molecule has 0 saturated heterocycles. The Morgan fingerprint density at radius 3 is 2.61 bits per heavy atom. The Kier molecular flexibility index (Phi) is 5.30. The van der Waals surface area contributed by atoms with E-state index in [-0.39, 0.29) is 23.6 Å². The molecule has 0 aromatic carbocycles. The lowest BCUT2D eigenvalue weighted by Gasteiger charge is -2.14. The number of sulfonamides is 1. The molecule has 0 bridgehead atoms. The van der Waals surface area contributed by atoms with E-state index in [1.807, 2.05) is 20.8 Å². The van der Waals surface area contributed by atoms with Gasteiger partial charge in [-0.3, -0.25) is 0 Å². The molecule has 1 heterocycles. The molecule has 0 amide bonds. The van der Waals surface area contributed by atoms with Crippen LogP contribution in [0.2, 0.25) is 0 Å². The minimum atomic E-state index is -3.59. The van der Waals surface area contributed by atoms with Crippen molar-refractivity contribution in [1.82, 2.24) is 14.7 Å². The van der Waals surface area contributed by atoms with Gasteiger partial charge in [0.15, 0.2) is 5.03 Å². The largest absolute Gasteiger partial charge is 0.396 e. The Bertz CT molecular complexity index is 468. The highest BCUT2D eigenvalue weighted by atomic mass is 32.2. The Morgan fingerprint density at radius 2 is 2.17 bits per heavy atom. The van der Waals surface area contributed by atoms with Gasteiger partial charge in [0, 0.05) is 18.6 Å². The third kappa shape index (κ3) is 3.79. The highest BCUT2D eigenvalue weighted by Crippen LogP contribution is 2.14. The third-order valence-corrected chi connectivity index (χ3v) is 4.13. The fourth-order valence-corrected chi connectivity index (χ4v) is 2.81. The van der Waals surface area contributed by atoms with E-state index in [4.69, 9.17) is 5.11 Å². The predicted octanol–water partition coefficient (Wildman–Crippen LogP) is 0.972. The van der Waals surface area contributed by atoms with Gasteiger partial charge in [-0.2, -0.15) is 0 Å². The smallest absolute Gasteiger partial charge is 0.257 e. The first-order valence-corrected chi connectivity index (χ1v) is 7.57. The second-order valence-electron chi connectivity index (χ2n) is 4.53. The number of H-pyrrole nitrogens is 1. The number of aromatic amines is 1. The number of nitrogens with zero attached hydrogens (tertiary/aromatic N) is 1. The fourth-order valence-electron chi connectivity index (χ4n) is 1.53. The molecular weight excluding hydrogens is 254 g/mol. The first-order chi connectivity index (χ1) is 8.40. The molecule has 0 spiro atoms. The van der Waals surface area contributed by atoms with Gasteiger partial charge in [-0.05, 0) is 12.8 Å². The molecule has 1 aromatic rings. The third-order valence-electron chi connectivity index (χ3n) is 2.70. The van der Waals surface area contributed by atoms with Gasteiger partial charge in [0.2, 0.25) is 0 Å². The van der Waals surface area contributed by atoms with Crippen molar-refractivity contribution in [3.8, 4) is 0 Å². The zero-order chi connectivity index (χ0) is 13.8. The lowest BCUT2D eigenvalue weighted by molar-refractivity contribution is 0.270. The summed E-state index contributed by atoms with van der Waals surface area (Å²) in [7, 11) is -3.59. The molecule has 0 aliphatic rings. The van der Waals surface area contributed by atoms with Crippen molar-refractivity contribution < 1.29 is 13.5 Å². The summed E-state index contributed by atoms with van der Waals surface area (Å²) in [5.41, 5.74) is 0. The molecule has 0 aliphatic heterocycles. The van der Waals surface area contributed by atoms with Crippen LogP contribution >= 0.6 is 0 Å². The van der Waals surface area contributed by atoms with Crippen LogP contribution in [-0.4, -0.2) is 36.1 Å². The number of aliphatic hydroxyl groups is 1. The lowest BCUT2D eigenvalue weighted by Crippen LogP contribution is -2.35. The van der Waals surface area contributed by atoms with Crippen molar-refractivity contribution in [2.75, 3.05) is 6.61 Å². The molecule has 6 nitrogen and oxygen atoms in total. The predicted molar refractivity (Wildman–Crippen MR) is 68.8 cm³/mol. The second kappa shape index (κ2) is 6.31. The second-order valence-corrected chi connectivity index (χ2v) is 6.21. The van der Waals surface area contributed by atoms with Crippen LogP contribution in [0.25, 0.3) is 0 Å². The fraction of sp³-hybridized carbons (Fsp3) is 0.727. The molecule has 1 rings (SSSR count). The molecule has 0 aliphatic carbocycles. The van der Waals surface area contributed by atoms with E-state index in [9.17, 15) is 8.42 Å². The summed E-state index contributed by atoms with van der Waals surface area (Å²) in [5.74, 6) is 0.791. The van der Waals surface area contributed by atoms with E-state index in [1.54, 1.807) is 0 Å². The average Bonchev–Trinajstić information content (AvgIpc) is 2.78. The molecule has 1 aromatic heterocycles. The Balaban J connectivity index is 2.84. The van der Waals surface area contributed by atoms with Crippen LogP contribution in [0, 0.1) is 0 Å². The van der Waals surface area contributed by atoms with Crippen molar-refractivity contribution in [3.63, 3.8) is 0 Å². The summed E-state index contributed by atoms with van der Waals surface area (Å²) in [6.45, 7) is 5.70. The van der Waals surface area contributed by atoms with Crippen molar-refractivity contribution >= 4 is 10.0 Å². The molecule has 104 valence electrons. The van der Waals surface area contributed by atoms with Crippen LogP contribution in [0.4, 0.5) is 0 Å². The molecule has 0 saturated carbocycles. The first-order valence-electron chi connectivity index (χ1n) is 6.08. The summed E-state index contributed by atoms with van der Waals surface area (Å²) in [6.07, 6.45) is 2.36. The van der Waals surface area contributed by atoms with E-state index in [0.717, 1.165) is 0 Å². The minimum Gasteiger partial charge on any atom is -0.396 e. The molecule has 0 radical (unpaired) electrons. The van der Waals surface area contributed by atoms with Gasteiger partial charge >= 0.3 is 0 Å². The molecule has 18 heavy (non-hydrogen) atoms. The van der Waals surface area contributed by atoms with Crippen LogP contribution in [0.3, 0.4) is 0 Å². The van der Waals surface area contributed by atoms with Gasteiger partial charge < -0.3 is 10.1 Å². The number of imidazole rings is 1. The summed E-state index contributed by atoms with van der Waals surface area (Å²) < 4.78 is 26.6. The van der Waals surface area contributed by atoms with E-state index in [2.05, 4.69) is 14.7 Å². The summed E-state index contributed by atoms with van der Waals surface area (Å²) in [4.78, 5) is 6.84. The van der Waals surface area contributed by atoms with E-state index >= 15 is 0 Å². The quantitative estimate of drug-likeness (QED) is 0.691. The highest BCUT2D eigenvalue weighted by Gasteiger charge is 2.21. The zero-order valence-electron chi connectivity index (χ0n) is 11.0. The van der Waals surface area contributed by atoms with Crippen molar-refractivity contribution in [1.29, 1.82) is 0 Å². The SMILES string of the molecule is CCC(CCO)NS(=O)(=O)c1cnc(C(C)C)[nH]1. The minimum absolute atomic E-state index is 0.0404. The van der Waals surface area contributed by atoms with Gasteiger partial charge in [0.25, 0.3) is 10.0 Å². The van der Waals surface area contributed by atoms with Gasteiger partial charge in [-0.15, -0.1) is 0 Å². The van der Waals surface area contributed by atoms with Crippen molar-refractivity contribution in [2.45, 2.75) is 50.6 Å². The number of rotatable bonds is 7. The molecule has 1 unspecified atom stereocenters. The monoisotopic (exact) mass is 275 g/mol. The molecule has 3 N–H and O–H groups in total. The number of hydrogen-bond acceptors (Lipinski definition) is 4. The van der Waals surface area contributed by atoms with E-state index < -0.39 is 10.0 Å².